The molecule has 0 unspecified atom stereocenters. The molecule has 0 spiro atoms. The molecule has 1 heterocycles. The van der Waals surface area contributed by atoms with Crippen molar-refractivity contribution >= 4 is 29.7 Å². The molecule has 0 saturated carbocycles. The summed E-state index contributed by atoms with van der Waals surface area (Å²) >= 11 is 0. The Kier molecular flexibility index (Phi) is 6.24. The quantitative estimate of drug-likeness (QED) is 0.281. The number of rotatable bonds is 9. The Morgan fingerprint density at radius 2 is 1.64 bits per heavy atom. The van der Waals surface area contributed by atoms with Crippen LogP contribution in [0.25, 0.3) is 0 Å². The van der Waals surface area contributed by atoms with Crippen LogP contribution in [-0.4, -0.2) is 57.9 Å². The van der Waals surface area contributed by atoms with Gasteiger partial charge in [-0.15, -0.1) is 0 Å². The molecule has 0 atom stereocenters. The molecule has 1 aliphatic rings. The fraction of sp³-hybridized carbons (Fsp3) is 0.462. The third-order valence-electron chi connectivity index (χ3n) is 3.05. The van der Waals surface area contributed by atoms with Crippen molar-refractivity contribution in [2.24, 2.45) is 5.92 Å². The normalized spacial score (nSPS) is 13.8. The molecular weight excluding hydrogens is 296 g/mol. The molecule has 3 amide bonds. The largest absolute Gasteiger partial charge is 0.481 e. The third kappa shape index (κ3) is 5.00. The molecule has 22 heavy (non-hydrogen) atoms. The van der Waals surface area contributed by atoms with E-state index >= 15 is 0 Å². The Hall–Kier alpha value is -2.71. The van der Waals surface area contributed by atoms with Crippen molar-refractivity contribution in [1.82, 2.24) is 10.2 Å². The van der Waals surface area contributed by atoms with Crippen LogP contribution in [0.4, 0.5) is 0 Å². The number of aliphatic carboxylic acids is 2. The van der Waals surface area contributed by atoms with Crippen LogP contribution in [0.1, 0.15) is 19.3 Å². The first-order chi connectivity index (χ1) is 10.3. The highest BCUT2D eigenvalue weighted by molar-refractivity contribution is 6.13. The van der Waals surface area contributed by atoms with E-state index in [4.69, 9.17) is 10.2 Å². The Labute approximate surface area is 125 Å². The first kappa shape index (κ1) is 17.3. The predicted octanol–water partition coefficient (Wildman–Crippen LogP) is -1.02. The highest BCUT2D eigenvalue weighted by atomic mass is 16.4. The van der Waals surface area contributed by atoms with E-state index in [9.17, 15) is 24.0 Å². The maximum absolute atomic E-state index is 11.5. The minimum atomic E-state index is -1.50. The maximum Gasteiger partial charge on any atom is 0.317 e. The van der Waals surface area contributed by atoms with Gasteiger partial charge in [-0.25, -0.2) is 0 Å². The monoisotopic (exact) mass is 312 g/mol. The zero-order valence-corrected chi connectivity index (χ0v) is 11.7. The van der Waals surface area contributed by atoms with E-state index in [2.05, 4.69) is 5.32 Å². The molecule has 120 valence electrons. The molecule has 0 aromatic carbocycles. The van der Waals surface area contributed by atoms with Gasteiger partial charge in [0.1, 0.15) is 0 Å². The molecular formula is C13H16N2O7. The van der Waals surface area contributed by atoms with Gasteiger partial charge in [0.15, 0.2) is 5.92 Å². The van der Waals surface area contributed by atoms with Crippen LogP contribution in [-0.2, 0) is 24.0 Å². The van der Waals surface area contributed by atoms with E-state index in [1.54, 1.807) is 0 Å². The first-order valence-corrected chi connectivity index (χ1v) is 6.58. The van der Waals surface area contributed by atoms with Crippen molar-refractivity contribution in [3.8, 4) is 0 Å². The van der Waals surface area contributed by atoms with Crippen LogP contribution >= 0.6 is 0 Å². The Bertz CT molecular complexity index is 494. The van der Waals surface area contributed by atoms with Gasteiger partial charge in [-0.05, 0) is 12.8 Å². The number of carboxylic acids is 2. The van der Waals surface area contributed by atoms with E-state index in [0.717, 1.165) is 17.1 Å². The molecule has 0 aromatic rings. The first-order valence-electron chi connectivity index (χ1n) is 6.58. The number of hydrogen-bond donors (Lipinski definition) is 3. The SMILES string of the molecule is O=C(CCN1C(=O)C=CC1=O)NCCCC(C(=O)O)C(=O)O. The van der Waals surface area contributed by atoms with Gasteiger partial charge < -0.3 is 15.5 Å². The molecule has 9 nitrogen and oxygen atoms in total. The number of hydrogen-bond acceptors (Lipinski definition) is 5. The van der Waals surface area contributed by atoms with Crippen molar-refractivity contribution in [2.45, 2.75) is 19.3 Å². The van der Waals surface area contributed by atoms with Crippen LogP contribution in [0.3, 0.4) is 0 Å². The summed E-state index contributed by atoms with van der Waals surface area (Å²) in [6.45, 7) is 0.0828. The smallest absolute Gasteiger partial charge is 0.317 e. The second-order valence-corrected chi connectivity index (χ2v) is 4.63. The number of carbonyl (C=O) groups excluding carboxylic acids is 3. The van der Waals surface area contributed by atoms with E-state index in [-0.39, 0.29) is 32.4 Å². The second kappa shape index (κ2) is 7.91. The Balaban J connectivity index is 2.21. The lowest BCUT2D eigenvalue weighted by Crippen LogP contribution is -2.35. The summed E-state index contributed by atoms with van der Waals surface area (Å²) in [5.41, 5.74) is 0. The molecule has 0 saturated heterocycles. The van der Waals surface area contributed by atoms with Crippen molar-refractivity contribution in [2.75, 3.05) is 13.1 Å². The lowest BCUT2D eigenvalue weighted by Gasteiger charge is -2.13. The summed E-state index contributed by atoms with van der Waals surface area (Å²) in [7, 11) is 0. The third-order valence-corrected chi connectivity index (χ3v) is 3.05. The molecule has 9 heteroatoms. The summed E-state index contributed by atoms with van der Waals surface area (Å²) in [6.07, 6.45) is 2.27. The summed E-state index contributed by atoms with van der Waals surface area (Å²) in [5.74, 6) is -5.68. The topological polar surface area (TPSA) is 141 Å². The highest BCUT2D eigenvalue weighted by Crippen LogP contribution is 2.07. The Morgan fingerprint density at radius 1 is 1.09 bits per heavy atom. The molecule has 0 aromatic heterocycles. The maximum atomic E-state index is 11.5. The van der Waals surface area contributed by atoms with Crippen LogP contribution < -0.4 is 5.32 Å². The molecule has 1 aliphatic heterocycles. The summed E-state index contributed by atoms with van der Waals surface area (Å²) < 4.78 is 0. The van der Waals surface area contributed by atoms with E-state index in [1.807, 2.05) is 0 Å². The summed E-state index contributed by atoms with van der Waals surface area (Å²) in [5, 5.41) is 19.8. The number of nitrogens with zero attached hydrogens (tertiary/aromatic N) is 1. The lowest BCUT2D eigenvalue weighted by atomic mass is 10.0. The van der Waals surface area contributed by atoms with Crippen LogP contribution in [0, 0.1) is 5.92 Å². The minimum absolute atomic E-state index is 0.0383. The summed E-state index contributed by atoms with van der Waals surface area (Å²) in [4.78, 5) is 56.2. The molecule has 0 bridgehead atoms. The zero-order valence-electron chi connectivity index (χ0n) is 11.7. The van der Waals surface area contributed by atoms with Gasteiger partial charge in [-0.2, -0.15) is 0 Å². The van der Waals surface area contributed by atoms with Gasteiger partial charge in [-0.1, -0.05) is 0 Å². The van der Waals surface area contributed by atoms with Crippen LogP contribution in [0.15, 0.2) is 12.2 Å². The molecule has 1 rings (SSSR count). The van der Waals surface area contributed by atoms with E-state index in [1.165, 1.54) is 0 Å². The number of imide groups is 1. The van der Waals surface area contributed by atoms with Crippen LogP contribution in [0.5, 0.6) is 0 Å². The van der Waals surface area contributed by atoms with Crippen molar-refractivity contribution in [3.63, 3.8) is 0 Å². The number of carbonyl (C=O) groups is 5. The average molecular weight is 312 g/mol. The van der Waals surface area contributed by atoms with Gasteiger partial charge in [0.2, 0.25) is 5.91 Å². The number of carboxylic acid groups (broad SMARTS) is 2. The van der Waals surface area contributed by atoms with Gasteiger partial charge >= 0.3 is 11.9 Å². The van der Waals surface area contributed by atoms with Crippen molar-refractivity contribution in [1.29, 1.82) is 0 Å². The minimum Gasteiger partial charge on any atom is -0.481 e. The highest BCUT2D eigenvalue weighted by Gasteiger charge is 2.25. The molecule has 3 N–H and O–H groups in total. The number of amides is 3. The molecule has 0 radical (unpaired) electrons. The standard InChI is InChI=1S/C13H16N2O7/c16-9(5-7-15-10(17)3-4-11(15)18)14-6-1-2-8(12(19)20)13(21)22/h3-4,8H,1-2,5-7H2,(H,14,16)(H,19,20)(H,21,22). The van der Waals surface area contributed by atoms with Gasteiger partial charge in [-0.3, -0.25) is 28.9 Å². The molecule has 0 aliphatic carbocycles. The van der Waals surface area contributed by atoms with Crippen LogP contribution in [0.2, 0.25) is 0 Å². The van der Waals surface area contributed by atoms with Crippen molar-refractivity contribution in [3.05, 3.63) is 12.2 Å². The number of nitrogens with one attached hydrogen (secondary N) is 1. The Morgan fingerprint density at radius 3 is 2.14 bits per heavy atom. The zero-order chi connectivity index (χ0) is 16.7. The molecule has 0 fully saturated rings. The summed E-state index contributed by atoms with van der Waals surface area (Å²) in [6, 6.07) is 0. The van der Waals surface area contributed by atoms with Gasteiger partial charge in [0.25, 0.3) is 11.8 Å². The predicted molar refractivity (Wildman–Crippen MR) is 71.5 cm³/mol. The van der Waals surface area contributed by atoms with E-state index in [0.29, 0.717) is 0 Å². The lowest BCUT2D eigenvalue weighted by molar-refractivity contribution is -0.154. The average Bonchev–Trinajstić information content (AvgIpc) is 2.74. The fourth-order valence-electron chi connectivity index (χ4n) is 1.84. The van der Waals surface area contributed by atoms with E-state index < -0.39 is 35.6 Å². The second-order valence-electron chi connectivity index (χ2n) is 4.63. The van der Waals surface area contributed by atoms with Crippen molar-refractivity contribution < 1.29 is 34.2 Å². The fourth-order valence-corrected chi connectivity index (χ4v) is 1.84. The van der Waals surface area contributed by atoms with Gasteiger partial charge in [0.05, 0.1) is 0 Å². The van der Waals surface area contributed by atoms with Gasteiger partial charge in [0, 0.05) is 31.7 Å².